The Kier molecular flexibility index (Phi) is 4.81. The molecule has 1 atom stereocenters. The van der Waals surface area contributed by atoms with E-state index in [1.807, 2.05) is 0 Å². The monoisotopic (exact) mass is 298 g/mol. The van der Waals surface area contributed by atoms with Crippen LogP contribution in [0.25, 0.3) is 10.9 Å². The van der Waals surface area contributed by atoms with Gasteiger partial charge >= 0.3 is 0 Å². The minimum absolute atomic E-state index is 0.0436. The van der Waals surface area contributed by atoms with Gasteiger partial charge in [-0.25, -0.2) is 0 Å². The Hall–Kier alpha value is -1.77. The van der Waals surface area contributed by atoms with Crippen molar-refractivity contribution in [2.45, 2.75) is 51.5 Å². The summed E-state index contributed by atoms with van der Waals surface area (Å²) in [6.45, 7) is 4.05. The molecule has 1 aromatic heterocycles. The fourth-order valence-electron chi connectivity index (χ4n) is 3.48. The Bertz CT molecular complexity index is 625. The van der Waals surface area contributed by atoms with Gasteiger partial charge in [0.1, 0.15) is 6.04 Å². The summed E-state index contributed by atoms with van der Waals surface area (Å²) in [6.07, 6.45) is 8.81. The molecule has 1 amide bonds. The van der Waals surface area contributed by atoms with E-state index < -0.39 is 0 Å². The van der Waals surface area contributed by atoms with E-state index in [0.717, 1.165) is 45.2 Å². The summed E-state index contributed by atoms with van der Waals surface area (Å²) in [4.78, 5) is 15.1. The van der Waals surface area contributed by atoms with E-state index in [1.165, 1.54) is 17.3 Å². The van der Waals surface area contributed by atoms with Gasteiger partial charge in [-0.3, -0.25) is 4.79 Å². The molecule has 0 aliphatic carbocycles. The van der Waals surface area contributed by atoms with Crippen molar-refractivity contribution in [1.29, 1.82) is 0 Å². The van der Waals surface area contributed by atoms with Crippen molar-refractivity contribution in [1.82, 2.24) is 9.47 Å². The first kappa shape index (κ1) is 15.1. The summed E-state index contributed by atoms with van der Waals surface area (Å²) in [5.74, 6) is 0.314. The number of unbranched alkanes of at least 4 members (excludes halogenated alkanes) is 1. The normalized spacial score (nSPS) is 16.9. The third-order valence-electron chi connectivity index (χ3n) is 4.75. The van der Waals surface area contributed by atoms with Gasteiger partial charge in [0.05, 0.1) is 0 Å². The first-order valence-electron chi connectivity index (χ1n) is 8.65. The van der Waals surface area contributed by atoms with Crippen molar-refractivity contribution >= 4 is 16.8 Å². The molecule has 1 fully saturated rings. The summed E-state index contributed by atoms with van der Waals surface area (Å²) >= 11 is 0. The number of hydrogen-bond donors (Lipinski definition) is 0. The van der Waals surface area contributed by atoms with Crippen molar-refractivity contribution in [2.24, 2.45) is 0 Å². The third kappa shape index (κ3) is 3.03. The van der Waals surface area contributed by atoms with Crippen molar-refractivity contribution < 1.29 is 4.79 Å². The van der Waals surface area contributed by atoms with Crippen LogP contribution in [0, 0.1) is 0 Å². The maximum atomic E-state index is 13.1. The summed E-state index contributed by atoms with van der Waals surface area (Å²) in [6, 6.07) is 10.4. The number of fused-ring (bicyclic) bond motifs is 1. The highest BCUT2D eigenvalue weighted by atomic mass is 16.2. The SMILES string of the molecule is CCCCC(C(=O)N1CCCCC1)n1ccc2ccccc21. The summed E-state index contributed by atoms with van der Waals surface area (Å²) in [7, 11) is 0. The fraction of sp³-hybridized carbons (Fsp3) is 0.526. The second-order valence-corrected chi connectivity index (χ2v) is 6.33. The van der Waals surface area contributed by atoms with Crippen LogP contribution in [0.1, 0.15) is 51.5 Å². The fourth-order valence-corrected chi connectivity index (χ4v) is 3.48. The van der Waals surface area contributed by atoms with Gasteiger partial charge in [0, 0.05) is 24.8 Å². The van der Waals surface area contributed by atoms with Gasteiger partial charge in [-0.2, -0.15) is 0 Å². The predicted molar refractivity (Wildman–Crippen MR) is 90.9 cm³/mol. The highest BCUT2D eigenvalue weighted by Gasteiger charge is 2.27. The number of benzene rings is 1. The van der Waals surface area contributed by atoms with Gasteiger partial charge in [-0.05, 0) is 43.2 Å². The number of likely N-dealkylation sites (tertiary alicyclic amines) is 1. The van der Waals surface area contributed by atoms with Crippen LogP contribution in [-0.4, -0.2) is 28.5 Å². The number of rotatable bonds is 5. The van der Waals surface area contributed by atoms with Gasteiger partial charge in [0.2, 0.25) is 5.91 Å². The zero-order chi connectivity index (χ0) is 15.4. The van der Waals surface area contributed by atoms with Gasteiger partial charge in [-0.15, -0.1) is 0 Å². The number of piperidine rings is 1. The number of aromatic nitrogens is 1. The zero-order valence-electron chi connectivity index (χ0n) is 13.5. The molecule has 0 N–H and O–H groups in total. The van der Waals surface area contributed by atoms with E-state index in [-0.39, 0.29) is 6.04 Å². The lowest BCUT2D eigenvalue weighted by Gasteiger charge is -2.31. The smallest absolute Gasteiger partial charge is 0.245 e. The van der Waals surface area contributed by atoms with E-state index in [4.69, 9.17) is 0 Å². The minimum atomic E-state index is -0.0436. The van der Waals surface area contributed by atoms with Crippen molar-refractivity contribution in [2.75, 3.05) is 13.1 Å². The largest absolute Gasteiger partial charge is 0.341 e. The van der Waals surface area contributed by atoms with Crippen molar-refractivity contribution in [3.8, 4) is 0 Å². The van der Waals surface area contributed by atoms with Crippen LogP contribution < -0.4 is 0 Å². The second-order valence-electron chi connectivity index (χ2n) is 6.33. The molecule has 0 radical (unpaired) electrons. The molecule has 118 valence electrons. The first-order chi connectivity index (χ1) is 10.8. The lowest BCUT2D eigenvalue weighted by Crippen LogP contribution is -2.40. The lowest BCUT2D eigenvalue weighted by molar-refractivity contribution is -0.135. The van der Waals surface area contributed by atoms with Crippen LogP contribution in [0.5, 0.6) is 0 Å². The number of hydrogen-bond acceptors (Lipinski definition) is 1. The summed E-state index contributed by atoms with van der Waals surface area (Å²) in [5, 5.41) is 1.22. The standard InChI is InChI=1S/C19H26N2O/c1-2-3-10-18(19(22)20-13-7-4-8-14-20)21-15-12-16-9-5-6-11-17(16)21/h5-6,9,11-12,15,18H,2-4,7-8,10,13-14H2,1H3. The molecule has 0 saturated carbocycles. The van der Waals surface area contributed by atoms with Crippen LogP contribution in [0.2, 0.25) is 0 Å². The van der Waals surface area contributed by atoms with Gasteiger partial charge in [0.15, 0.2) is 0 Å². The van der Waals surface area contributed by atoms with E-state index >= 15 is 0 Å². The summed E-state index contributed by atoms with van der Waals surface area (Å²) < 4.78 is 2.20. The molecule has 1 aliphatic heterocycles. The molecule has 2 aromatic rings. The molecular weight excluding hydrogens is 272 g/mol. The van der Waals surface area contributed by atoms with Crippen LogP contribution in [0.4, 0.5) is 0 Å². The maximum absolute atomic E-state index is 13.1. The third-order valence-corrected chi connectivity index (χ3v) is 4.75. The molecule has 0 spiro atoms. The molecule has 3 heteroatoms. The van der Waals surface area contributed by atoms with Crippen molar-refractivity contribution in [3.63, 3.8) is 0 Å². The molecule has 22 heavy (non-hydrogen) atoms. The Labute approximate surface area is 132 Å². The van der Waals surface area contributed by atoms with E-state index in [9.17, 15) is 4.79 Å². The van der Waals surface area contributed by atoms with Gasteiger partial charge < -0.3 is 9.47 Å². The molecule has 1 saturated heterocycles. The molecule has 3 rings (SSSR count). The quantitative estimate of drug-likeness (QED) is 0.804. The molecule has 1 aliphatic rings. The molecule has 3 nitrogen and oxygen atoms in total. The number of carbonyl (C=O) groups is 1. The van der Waals surface area contributed by atoms with E-state index in [1.54, 1.807) is 0 Å². The van der Waals surface area contributed by atoms with Crippen LogP contribution in [0.15, 0.2) is 36.5 Å². The molecule has 1 aromatic carbocycles. The number of para-hydroxylation sites is 1. The maximum Gasteiger partial charge on any atom is 0.245 e. The molecule has 0 bridgehead atoms. The Morgan fingerprint density at radius 2 is 1.91 bits per heavy atom. The number of nitrogens with zero attached hydrogens (tertiary/aromatic N) is 2. The van der Waals surface area contributed by atoms with Crippen LogP contribution in [-0.2, 0) is 4.79 Å². The molecular formula is C19H26N2O. The van der Waals surface area contributed by atoms with Crippen molar-refractivity contribution in [3.05, 3.63) is 36.5 Å². The van der Waals surface area contributed by atoms with Gasteiger partial charge in [0.25, 0.3) is 0 Å². The van der Waals surface area contributed by atoms with E-state index in [0.29, 0.717) is 5.91 Å². The second kappa shape index (κ2) is 6.99. The predicted octanol–water partition coefficient (Wildman–Crippen LogP) is 4.39. The summed E-state index contributed by atoms with van der Waals surface area (Å²) in [5.41, 5.74) is 1.17. The van der Waals surface area contributed by atoms with Crippen LogP contribution in [0.3, 0.4) is 0 Å². The van der Waals surface area contributed by atoms with Gasteiger partial charge in [-0.1, -0.05) is 38.0 Å². The highest BCUT2D eigenvalue weighted by Crippen LogP contribution is 2.26. The molecule has 1 unspecified atom stereocenters. The first-order valence-corrected chi connectivity index (χ1v) is 8.65. The minimum Gasteiger partial charge on any atom is -0.341 e. The Morgan fingerprint density at radius 1 is 1.14 bits per heavy atom. The Morgan fingerprint density at radius 3 is 2.68 bits per heavy atom. The highest BCUT2D eigenvalue weighted by molar-refractivity contribution is 5.85. The number of carbonyl (C=O) groups excluding carboxylic acids is 1. The van der Waals surface area contributed by atoms with Crippen LogP contribution >= 0.6 is 0 Å². The van der Waals surface area contributed by atoms with E-state index in [2.05, 4.69) is 52.9 Å². The lowest BCUT2D eigenvalue weighted by atomic mass is 10.1. The number of amides is 1. The zero-order valence-corrected chi connectivity index (χ0v) is 13.5. The topological polar surface area (TPSA) is 25.2 Å². The molecule has 2 heterocycles. The average molecular weight is 298 g/mol. The Balaban J connectivity index is 1.89. The average Bonchev–Trinajstić information content (AvgIpc) is 3.00.